The van der Waals surface area contributed by atoms with Crippen LogP contribution in [0, 0.1) is 0 Å². The molecule has 1 saturated carbocycles. The summed E-state index contributed by atoms with van der Waals surface area (Å²) in [5, 5.41) is 8.79. The normalized spacial score (nSPS) is 13.7. The first-order valence-corrected chi connectivity index (χ1v) is 6.93. The number of carboxylic acid groups (broad SMARTS) is 1. The number of benzene rings is 1. The van der Waals surface area contributed by atoms with Crippen molar-refractivity contribution in [2.24, 2.45) is 0 Å². The molecule has 6 heteroatoms. The van der Waals surface area contributed by atoms with Crippen LogP contribution >= 0.6 is 0 Å². The van der Waals surface area contributed by atoms with Gasteiger partial charge in [0.05, 0.1) is 6.61 Å². The van der Waals surface area contributed by atoms with Crippen molar-refractivity contribution in [3.8, 4) is 5.75 Å². The summed E-state index contributed by atoms with van der Waals surface area (Å²) in [7, 11) is 0. The van der Waals surface area contributed by atoms with Crippen LogP contribution < -0.4 is 4.74 Å². The predicted molar refractivity (Wildman–Crippen MR) is 75.1 cm³/mol. The maximum atomic E-state index is 11.9. The van der Waals surface area contributed by atoms with E-state index < -0.39 is 5.97 Å². The van der Waals surface area contributed by atoms with Crippen LogP contribution in [0.2, 0.25) is 0 Å². The van der Waals surface area contributed by atoms with E-state index in [0.717, 1.165) is 18.6 Å². The molecule has 0 aliphatic heterocycles. The van der Waals surface area contributed by atoms with Gasteiger partial charge in [0.2, 0.25) is 5.91 Å². The van der Waals surface area contributed by atoms with Gasteiger partial charge in [-0.25, -0.2) is 0 Å². The van der Waals surface area contributed by atoms with Crippen molar-refractivity contribution in [2.75, 3.05) is 26.4 Å². The Morgan fingerprint density at radius 1 is 1.19 bits per heavy atom. The number of ether oxygens (including phenoxy) is 2. The molecule has 0 spiro atoms. The van der Waals surface area contributed by atoms with Crippen molar-refractivity contribution in [3.05, 3.63) is 30.3 Å². The number of rotatable bonds is 9. The molecule has 0 bridgehead atoms. The topological polar surface area (TPSA) is 76.1 Å². The second kappa shape index (κ2) is 7.64. The molecule has 2 rings (SSSR count). The van der Waals surface area contributed by atoms with Gasteiger partial charge in [-0.3, -0.25) is 9.59 Å². The zero-order valence-corrected chi connectivity index (χ0v) is 11.7. The average molecular weight is 293 g/mol. The SMILES string of the molecule is O=C(O)CN(C(=O)COCCOc1ccccc1)C1CC1. The van der Waals surface area contributed by atoms with Gasteiger partial charge in [0.1, 0.15) is 25.5 Å². The van der Waals surface area contributed by atoms with Crippen molar-refractivity contribution in [3.63, 3.8) is 0 Å². The van der Waals surface area contributed by atoms with Crippen LogP contribution in [-0.2, 0) is 14.3 Å². The Kier molecular flexibility index (Phi) is 5.57. The van der Waals surface area contributed by atoms with Crippen molar-refractivity contribution >= 4 is 11.9 Å². The number of carbonyl (C=O) groups is 2. The molecule has 0 radical (unpaired) electrons. The molecule has 1 fully saturated rings. The number of aliphatic carboxylic acids is 1. The zero-order chi connectivity index (χ0) is 15.1. The van der Waals surface area contributed by atoms with E-state index in [4.69, 9.17) is 14.6 Å². The zero-order valence-electron chi connectivity index (χ0n) is 11.7. The third kappa shape index (κ3) is 5.43. The fraction of sp³-hybridized carbons (Fsp3) is 0.467. The first-order valence-electron chi connectivity index (χ1n) is 6.93. The second-order valence-electron chi connectivity index (χ2n) is 4.86. The Morgan fingerprint density at radius 2 is 1.90 bits per heavy atom. The van der Waals surface area contributed by atoms with E-state index >= 15 is 0 Å². The minimum absolute atomic E-state index is 0.0674. The van der Waals surface area contributed by atoms with Crippen molar-refractivity contribution < 1.29 is 24.2 Å². The molecular formula is C15H19NO5. The highest BCUT2D eigenvalue weighted by Crippen LogP contribution is 2.26. The quantitative estimate of drug-likeness (QED) is 0.691. The van der Waals surface area contributed by atoms with E-state index in [1.807, 2.05) is 30.3 Å². The highest BCUT2D eigenvalue weighted by Gasteiger charge is 2.33. The van der Waals surface area contributed by atoms with Crippen LogP contribution in [0.25, 0.3) is 0 Å². The largest absolute Gasteiger partial charge is 0.491 e. The van der Waals surface area contributed by atoms with Gasteiger partial charge in [-0.1, -0.05) is 18.2 Å². The number of amides is 1. The minimum Gasteiger partial charge on any atom is -0.491 e. The maximum Gasteiger partial charge on any atom is 0.323 e. The van der Waals surface area contributed by atoms with Crippen LogP contribution in [0.1, 0.15) is 12.8 Å². The molecule has 21 heavy (non-hydrogen) atoms. The van der Waals surface area contributed by atoms with Crippen LogP contribution in [0.3, 0.4) is 0 Å². The Balaban J connectivity index is 1.63. The molecule has 114 valence electrons. The summed E-state index contributed by atoms with van der Waals surface area (Å²) in [6.45, 7) is 0.265. The first kappa shape index (κ1) is 15.3. The average Bonchev–Trinajstić information content (AvgIpc) is 3.29. The lowest BCUT2D eigenvalue weighted by Gasteiger charge is -2.20. The number of para-hydroxylation sites is 1. The first-order chi connectivity index (χ1) is 10.2. The van der Waals surface area contributed by atoms with Gasteiger partial charge in [-0.2, -0.15) is 0 Å². The Hall–Kier alpha value is -2.08. The second-order valence-corrected chi connectivity index (χ2v) is 4.86. The lowest BCUT2D eigenvalue weighted by Crippen LogP contribution is -2.39. The number of carbonyl (C=O) groups excluding carboxylic acids is 1. The fourth-order valence-electron chi connectivity index (χ4n) is 1.93. The van der Waals surface area contributed by atoms with Crippen LogP contribution in [0.15, 0.2) is 30.3 Å². The molecule has 0 heterocycles. The predicted octanol–water partition coefficient (Wildman–Crippen LogP) is 1.16. The number of hydrogen-bond acceptors (Lipinski definition) is 4. The maximum absolute atomic E-state index is 11.9. The molecule has 0 saturated heterocycles. The third-order valence-corrected chi connectivity index (χ3v) is 3.08. The number of nitrogens with zero attached hydrogens (tertiary/aromatic N) is 1. The van der Waals surface area contributed by atoms with E-state index in [9.17, 15) is 9.59 Å². The molecule has 1 N–H and O–H groups in total. The molecule has 1 amide bonds. The summed E-state index contributed by atoms with van der Waals surface area (Å²) in [4.78, 5) is 24.0. The smallest absolute Gasteiger partial charge is 0.323 e. The highest BCUT2D eigenvalue weighted by atomic mass is 16.5. The van der Waals surface area contributed by atoms with Crippen LogP contribution in [-0.4, -0.2) is 54.3 Å². The lowest BCUT2D eigenvalue weighted by molar-refractivity contribution is -0.147. The molecule has 0 atom stereocenters. The molecule has 1 aromatic rings. The summed E-state index contributed by atoms with van der Waals surface area (Å²) in [6, 6.07) is 9.40. The molecular weight excluding hydrogens is 274 g/mol. The van der Waals surface area contributed by atoms with E-state index in [0.29, 0.717) is 6.61 Å². The lowest BCUT2D eigenvalue weighted by atomic mass is 10.3. The summed E-state index contributed by atoms with van der Waals surface area (Å²) in [6.07, 6.45) is 1.74. The van der Waals surface area contributed by atoms with Gasteiger partial charge in [0.15, 0.2) is 0 Å². The minimum atomic E-state index is -0.998. The van der Waals surface area contributed by atoms with Crippen LogP contribution in [0.4, 0.5) is 0 Å². The Morgan fingerprint density at radius 3 is 2.52 bits per heavy atom. The number of carboxylic acids is 1. The van der Waals surface area contributed by atoms with Gasteiger partial charge < -0.3 is 19.5 Å². The molecule has 6 nitrogen and oxygen atoms in total. The summed E-state index contributed by atoms with van der Waals surface area (Å²) in [5.41, 5.74) is 0. The van der Waals surface area contributed by atoms with Gasteiger partial charge >= 0.3 is 5.97 Å². The summed E-state index contributed by atoms with van der Waals surface area (Å²) in [5.74, 6) is -0.528. The fourth-order valence-corrected chi connectivity index (χ4v) is 1.93. The highest BCUT2D eigenvalue weighted by molar-refractivity contribution is 5.82. The van der Waals surface area contributed by atoms with Gasteiger partial charge in [0, 0.05) is 6.04 Å². The monoisotopic (exact) mass is 293 g/mol. The van der Waals surface area contributed by atoms with Gasteiger partial charge in [-0.15, -0.1) is 0 Å². The third-order valence-electron chi connectivity index (χ3n) is 3.08. The van der Waals surface area contributed by atoms with E-state index in [1.165, 1.54) is 4.90 Å². The standard InChI is InChI=1S/C15H19NO5/c17-14(16(10-15(18)19)12-6-7-12)11-20-8-9-21-13-4-2-1-3-5-13/h1-5,12H,6-11H2,(H,18,19). The van der Waals surface area contributed by atoms with Gasteiger partial charge in [-0.05, 0) is 25.0 Å². The van der Waals surface area contributed by atoms with E-state index in [1.54, 1.807) is 0 Å². The summed E-state index contributed by atoms with van der Waals surface area (Å²) < 4.78 is 10.7. The Bertz CT molecular complexity index is 472. The van der Waals surface area contributed by atoms with E-state index in [-0.39, 0.29) is 31.7 Å². The van der Waals surface area contributed by atoms with E-state index in [2.05, 4.69) is 0 Å². The Labute approximate surface area is 123 Å². The molecule has 0 unspecified atom stereocenters. The van der Waals surface area contributed by atoms with Crippen LogP contribution in [0.5, 0.6) is 5.75 Å². The molecule has 1 aliphatic carbocycles. The van der Waals surface area contributed by atoms with Crippen molar-refractivity contribution in [1.29, 1.82) is 0 Å². The molecule has 1 aromatic carbocycles. The number of hydrogen-bond donors (Lipinski definition) is 1. The van der Waals surface area contributed by atoms with Crippen molar-refractivity contribution in [2.45, 2.75) is 18.9 Å². The van der Waals surface area contributed by atoms with Crippen molar-refractivity contribution in [1.82, 2.24) is 4.90 Å². The molecule has 1 aliphatic rings. The van der Waals surface area contributed by atoms with Gasteiger partial charge in [0.25, 0.3) is 0 Å². The summed E-state index contributed by atoms with van der Waals surface area (Å²) >= 11 is 0. The molecule has 0 aromatic heterocycles.